The Bertz CT molecular complexity index is 462. The Balaban J connectivity index is 2.14. The minimum Gasteiger partial charge on any atom is -0.378 e. The molecule has 0 spiro atoms. The van der Waals surface area contributed by atoms with Gasteiger partial charge in [-0.25, -0.2) is 0 Å². The average molecular weight is 232 g/mol. The lowest BCUT2D eigenvalue weighted by Gasteiger charge is -2.01. The number of benzene rings is 1. The van der Waals surface area contributed by atoms with Gasteiger partial charge >= 0.3 is 0 Å². The summed E-state index contributed by atoms with van der Waals surface area (Å²) in [7, 11) is 1.89. The summed E-state index contributed by atoms with van der Waals surface area (Å²) in [5.74, 6) is 0. The van der Waals surface area contributed by atoms with Gasteiger partial charge in [-0.2, -0.15) is 22.2 Å². The summed E-state index contributed by atoms with van der Waals surface area (Å²) in [6.45, 7) is 1.93. The van der Waals surface area contributed by atoms with Crippen LogP contribution in [0.2, 0.25) is 0 Å². The molecule has 0 fully saturated rings. The Labute approximate surface area is 98.9 Å². The predicted octanol–water partition coefficient (Wildman–Crippen LogP) is 3.67. The van der Waals surface area contributed by atoms with Crippen molar-refractivity contribution in [3.63, 3.8) is 0 Å². The van der Waals surface area contributed by atoms with Crippen LogP contribution in [-0.2, 0) is 0 Å². The first-order valence-corrected chi connectivity index (χ1v) is 5.66. The lowest BCUT2D eigenvalue weighted by Crippen LogP contribution is -1.90. The van der Waals surface area contributed by atoms with Crippen LogP contribution in [0.15, 0.2) is 51.2 Å². The fraction of sp³-hybridized carbons (Fsp3) is 0.182. The molecule has 0 aliphatic carbocycles. The number of azo groups is 1. The third-order valence-corrected chi connectivity index (χ3v) is 2.94. The second kappa shape index (κ2) is 4.94. The summed E-state index contributed by atoms with van der Waals surface area (Å²) in [4.78, 5) is 5.16. The van der Waals surface area contributed by atoms with E-state index in [2.05, 4.69) is 15.1 Å². The van der Waals surface area contributed by atoms with Crippen LogP contribution in [0.3, 0.4) is 0 Å². The molecule has 5 heteroatoms. The van der Waals surface area contributed by atoms with Crippen LogP contribution < -0.4 is 0 Å². The van der Waals surface area contributed by atoms with E-state index in [-0.39, 0.29) is 0 Å². The standard InChI is InChI=1S/C11H12N4S/c1-9(11-8-15(2)14-16-11)12-13-10-6-4-3-5-7-10/h3-8H,1-2H3/b11-9+,13-12?. The maximum absolute atomic E-state index is 4.18. The third kappa shape index (κ3) is 2.70. The van der Waals surface area contributed by atoms with Gasteiger partial charge in [-0.1, -0.05) is 18.2 Å². The van der Waals surface area contributed by atoms with Crippen molar-refractivity contribution in [1.82, 2.24) is 0 Å². The van der Waals surface area contributed by atoms with E-state index in [0.717, 1.165) is 16.3 Å². The molecule has 1 aliphatic heterocycles. The number of hydrogen-bond donors (Lipinski definition) is 0. The number of rotatable bonds is 2. The molecule has 0 N–H and O–H groups in total. The van der Waals surface area contributed by atoms with Crippen LogP contribution in [0.1, 0.15) is 6.92 Å². The highest BCUT2D eigenvalue weighted by atomic mass is 32.2. The Hall–Kier alpha value is -1.62. The van der Waals surface area contributed by atoms with Crippen LogP contribution in [0, 0.1) is 0 Å². The van der Waals surface area contributed by atoms with Gasteiger partial charge in [0.2, 0.25) is 0 Å². The first kappa shape index (κ1) is 10.9. The van der Waals surface area contributed by atoms with Crippen molar-refractivity contribution in [3.05, 3.63) is 45.8 Å². The normalized spacial score (nSPS) is 18.5. The molecule has 16 heavy (non-hydrogen) atoms. The maximum atomic E-state index is 4.18. The SMILES string of the molecule is C/C(N=Nc1ccccc1)=C1/C=[N+](C)[N-]S1. The second-order valence-corrected chi connectivity index (χ2v) is 4.15. The van der Waals surface area contributed by atoms with Gasteiger partial charge < -0.3 is 4.83 Å². The van der Waals surface area contributed by atoms with Crippen molar-refractivity contribution in [2.45, 2.75) is 6.92 Å². The molecule has 0 radical (unpaired) electrons. The minimum absolute atomic E-state index is 0.857. The van der Waals surface area contributed by atoms with Crippen LogP contribution in [-0.4, -0.2) is 17.9 Å². The first-order valence-electron chi connectivity index (χ1n) is 4.89. The second-order valence-electron chi connectivity index (χ2n) is 3.36. The predicted molar refractivity (Wildman–Crippen MR) is 66.9 cm³/mol. The molecular weight excluding hydrogens is 220 g/mol. The molecule has 0 aromatic heterocycles. The Morgan fingerprint density at radius 3 is 2.69 bits per heavy atom. The van der Waals surface area contributed by atoms with Gasteiger partial charge in [0.15, 0.2) is 6.21 Å². The van der Waals surface area contributed by atoms with Gasteiger partial charge in [-0.05, 0) is 19.1 Å². The topological polar surface area (TPSA) is 41.8 Å². The molecule has 0 bridgehead atoms. The molecule has 4 nitrogen and oxygen atoms in total. The Morgan fingerprint density at radius 1 is 1.31 bits per heavy atom. The zero-order chi connectivity index (χ0) is 11.4. The Morgan fingerprint density at radius 2 is 2.06 bits per heavy atom. The number of hydrogen-bond acceptors (Lipinski definition) is 3. The third-order valence-electron chi connectivity index (χ3n) is 2.00. The van der Waals surface area contributed by atoms with Gasteiger partial charge in [0, 0.05) is 0 Å². The summed E-state index contributed by atoms with van der Waals surface area (Å²) in [5.41, 5.74) is 1.73. The first-order chi connectivity index (χ1) is 7.75. The highest BCUT2D eigenvalue weighted by molar-refractivity contribution is 8.06. The molecule has 0 saturated carbocycles. The van der Waals surface area contributed by atoms with Crippen LogP contribution in [0.4, 0.5) is 5.69 Å². The van der Waals surface area contributed by atoms with Crippen molar-refractivity contribution in [2.75, 3.05) is 7.05 Å². The molecule has 0 amide bonds. The summed E-state index contributed by atoms with van der Waals surface area (Å²) in [6, 6.07) is 9.68. The lowest BCUT2D eigenvalue weighted by molar-refractivity contribution is -0.422. The quantitative estimate of drug-likeness (QED) is 0.436. The minimum atomic E-state index is 0.857. The van der Waals surface area contributed by atoms with Crippen molar-refractivity contribution in [2.24, 2.45) is 10.2 Å². The molecule has 1 aliphatic rings. The van der Waals surface area contributed by atoms with Crippen LogP contribution in [0.25, 0.3) is 4.83 Å². The van der Waals surface area contributed by atoms with Crippen molar-refractivity contribution >= 4 is 23.8 Å². The van der Waals surface area contributed by atoms with Crippen LogP contribution in [0.5, 0.6) is 0 Å². The van der Waals surface area contributed by atoms with E-state index in [4.69, 9.17) is 0 Å². The summed E-state index contributed by atoms with van der Waals surface area (Å²) in [5, 5.41) is 8.33. The van der Waals surface area contributed by atoms with Crippen molar-refractivity contribution in [1.29, 1.82) is 0 Å². The van der Waals surface area contributed by atoms with E-state index in [1.807, 2.05) is 50.5 Å². The van der Waals surface area contributed by atoms with E-state index in [9.17, 15) is 0 Å². The van der Waals surface area contributed by atoms with E-state index < -0.39 is 0 Å². The van der Waals surface area contributed by atoms with Crippen LogP contribution >= 0.6 is 11.9 Å². The molecule has 1 aromatic carbocycles. The highest BCUT2D eigenvalue weighted by Gasteiger charge is 2.06. The molecule has 1 aromatic rings. The monoisotopic (exact) mass is 232 g/mol. The lowest BCUT2D eigenvalue weighted by atomic mass is 10.3. The van der Waals surface area contributed by atoms with E-state index >= 15 is 0 Å². The number of allylic oxidation sites excluding steroid dienone is 2. The summed E-state index contributed by atoms with van der Waals surface area (Å²) < 4.78 is 1.77. The van der Waals surface area contributed by atoms with Gasteiger partial charge in [0.1, 0.15) is 7.05 Å². The summed E-state index contributed by atoms with van der Waals surface area (Å²) >= 11 is 1.41. The molecule has 2 rings (SSSR count). The largest absolute Gasteiger partial charge is 0.378 e. The molecule has 0 unspecified atom stereocenters. The molecule has 1 heterocycles. The van der Waals surface area contributed by atoms with Gasteiger partial charge in [-0.3, -0.25) is 4.68 Å². The van der Waals surface area contributed by atoms with Gasteiger partial charge in [0.05, 0.1) is 16.3 Å². The zero-order valence-electron chi connectivity index (χ0n) is 9.16. The van der Waals surface area contributed by atoms with E-state index in [1.54, 1.807) is 4.68 Å². The molecular formula is C11H12N4S. The zero-order valence-corrected chi connectivity index (χ0v) is 9.98. The van der Waals surface area contributed by atoms with E-state index in [1.165, 1.54) is 11.9 Å². The van der Waals surface area contributed by atoms with Crippen molar-refractivity contribution in [3.8, 4) is 0 Å². The molecule has 0 saturated heterocycles. The maximum Gasteiger partial charge on any atom is 0.173 e. The fourth-order valence-electron chi connectivity index (χ4n) is 1.16. The highest BCUT2D eigenvalue weighted by Crippen LogP contribution is 2.29. The van der Waals surface area contributed by atoms with Gasteiger partial charge in [0.25, 0.3) is 0 Å². The molecule has 0 atom stereocenters. The number of nitrogens with zero attached hydrogens (tertiary/aromatic N) is 4. The Kier molecular flexibility index (Phi) is 3.36. The van der Waals surface area contributed by atoms with E-state index in [0.29, 0.717) is 0 Å². The molecule has 82 valence electrons. The fourth-order valence-corrected chi connectivity index (χ4v) is 1.80. The van der Waals surface area contributed by atoms with Gasteiger partial charge in [-0.15, -0.1) is 0 Å². The smallest absolute Gasteiger partial charge is 0.173 e. The average Bonchev–Trinajstić information content (AvgIpc) is 2.74. The van der Waals surface area contributed by atoms with Crippen molar-refractivity contribution < 1.29 is 4.68 Å². The summed E-state index contributed by atoms with van der Waals surface area (Å²) in [6.07, 6.45) is 1.93.